The zero-order valence-electron chi connectivity index (χ0n) is 11.1. The minimum Gasteiger partial charge on any atom is -0.481 e. The molecule has 1 fully saturated rings. The minimum atomic E-state index is -0.757. The molecule has 0 amide bonds. The summed E-state index contributed by atoms with van der Waals surface area (Å²) in [4.78, 5) is 13.4. The molecular weight excluding hydrogens is 226 g/mol. The molecule has 0 aromatic heterocycles. The molecular formula is C15H21NO2. The lowest BCUT2D eigenvalue weighted by Crippen LogP contribution is -2.30. The number of likely N-dealkylation sites (tertiary alicyclic amines) is 1. The maximum absolute atomic E-state index is 11.0. The monoisotopic (exact) mass is 247 g/mol. The predicted octanol–water partition coefficient (Wildman–Crippen LogP) is 2.68. The number of hydrogen-bond donors (Lipinski definition) is 1. The summed E-state index contributed by atoms with van der Waals surface area (Å²) >= 11 is 0. The summed E-state index contributed by atoms with van der Waals surface area (Å²) in [5.74, 6) is -0.635. The molecule has 2 rings (SSSR count). The number of aliphatic carboxylic acids is 1. The van der Waals surface area contributed by atoms with Crippen LogP contribution in [-0.2, 0) is 4.79 Å². The molecule has 1 aliphatic heterocycles. The molecule has 1 aromatic carbocycles. The molecule has 3 nitrogen and oxygen atoms in total. The molecule has 1 aromatic rings. The Labute approximate surface area is 108 Å². The molecule has 0 aliphatic carbocycles. The third-order valence-electron chi connectivity index (χ3n) is 3.88. The van der Waals surface area contributed by atoms with Crippen molar-refractivity contribution in [1.29, 1.82) is 0 Å². The molecule has 1 heterocycles. The number of hydrogen-bond acceptors (Lipinski definition) is 2. The van der Waals surface area contributed by atoms with Gasteiger partial charge in [-0.1, -0.05) is 24.3 Å². The normalized spacial score (nSPS) is 22.7. The summed E-state index contributed by atoms with van der Waals surface area (Å²) in [6.45, 7) is 3.99. The first kappa shape index (κ1) is 13.1. The van der Waals surface area contributed by atoms with E-state index in [9.17, 15) is 4.79 Å². The number of piperidine rings is 1. The summed E-state index contributed by atoms with van der Waals surface area (Å²) in [6.07, 6.45) is 2.43. The van der Waals surface area contributed by atoms with Crippen LogP contribution in [0, 0.1) is 0 Å². The van der Waals surface area contributed by atoms with Gasteiger partial charge in [-0.05, 0) is 50.4 Å². The van der Waals surface area contributed by atoms with Gasteiger partial charge in [0.1, 0.15) is 0 Å². The second-order valence-corrected chi connectivity index (χ2v) is 5.33. The summed E-state index contributed by atoms with van der Waals surface area (Å²) in [6, 6.07) is 8.10. The van der Waals surface area contributed by atoms with Gasteiger partial charge in [-0.25, -0.2) is 0 Å². The van der Waals surface area contributed by atoms with Crippen LogP contribution in [0.1, 0.15) is 42.7 Å². The zero-order chi connectivity index (χ0) is 13.1. The van der Waals surface area contributed by atoms with Crippen molar-refractivity contribution in [1.82, 2.24) is 4.90 Å². The maximum atomic E-state index is 11.0. The van der Waals surface area contributed by atoms with Crippen LogP contribution in [0.25, 0.3) is 0 Å². The quantitative estimate of drug-likeness (QED) is 0.892. The standard InChI is InChI=1S/C15H21NO2/c1-11(15(17)18)12-5-3-6-13(9-12)14-7-4-8-16(2)10-14/h3,5-6,9,11,14H,4,7-8,10H2,1-2H3,(H,17,18). The number of carboxylic acid groups (broad SMARTS) is 1. The summed E-state index contributed by atoms with van der Waals surface area (Å²) in [7, 11) is 2.15. The van der Waals surface area contributed by atoms with Crippen molar-refractivity contribution in [2.24, 2.45) is 0 Å². The molecule has 1 aliphatic rings. The van der Waals surface area contributed by atoms with Gasteiger partial charge in [-0.15, -0.1) is 0 Å². The first-order valence-corrected chi connectivity index (χ1v) is 6.59. The van der Waals surface area contributed by atoms with Crippen molar-refractivity contribution in [3.05, 3.63) is 35.4 Å². The Morgan fingerprint density at radius 1 is 1.50 bits per heavy atom. The van der Waals surface area contributed by atoms with Crippen LogP contribution in [0.15, 0.2) is 24.3 Å². The Hall–Kier alpha value is -1.35. The van der Waals surface area contributed by atoms with Gasteiger partial charge >= 0.3 is 5.97 Å². The SMILES string of the molecule is CC(C(=O)O)c1cccc(C2CCCN(C)C2)c1. The van der Waals surface area contributed by atoms with Gasteiger partial charge in [0.05, 0.1) is 5.92 Å². The smallest absolute Gasteiger partial charge is 0.310 e. The molecule has 98 valence electrons. The lowest BCUT2D eigenvalue weighted by molar-refractivity contribution is -0.138. The molecule has 2 unspecified atom stereocenters. The molecule has 2 atom stereocenters. The van der Waals surface area contributed by atoms with E-state index in [1.807, 2.05) is 12.1 Å². The molecule has 1 N–H and O–H groups in total. The van der Waals surface area contributed by atoms with Crippen LogP contribution < -0.4 is 0 Å². The topological polar surface area (TPSA) is 40.5 Å². The lowest BCUT2D eigenvalue weighted by atomic mass is 9.88. The van der Waals surface area contributed by atoms with Crippen molar-refractivity contribution in [2.75, 3.05) is 20.1 Å². The van der Waals surface area contributed by atoms with E-state index in [-0.39, 0.29) is 0 Å². The minimum absolute atomic E-state index is 0.425. The number of benzene rings is 1. The van der Waals surface area contributed by atoms with Crippen LogP contribution in [0.2, 0.25) is 0 Å². The van der Waals surface area contributed by atoms with Crippen LogP contribution in [-0.4, -0.2) is 36.1 Å². The Kier molecular flexibility index (Phi) is 4.02. The average Bonchev–Trinajstić information content (AvgIpc) is 2.38. The number of nitrogens with zero attached hydrogens (tertiary/aromatic N) is 1. The summed E-state index contributed by atoms with van der Waals surface area (Å²) in [5, 5.41) is 9.07. The average molecular weight is 247 g/mol. The van der Waals surface area contributed by atoms with Crippen LogP contribution in [0.3, 0.4) is 0 Å². The van der Waals surface area contributed by atoms with Gasteiger partial charge in [0, 0.05) is 6.54 Å². The molecule has 0 radical (unpaired) electrons. The third kappa shape index (κ3) is 2.91. The van der Waals surface area contributed by atoms with Crippen molar-refractivity contribution in [3.63, 3.8) is 0 Å². The first-order chi connectivity index (χ1) is 8.58. The molecule has 0 bridgehead atoms. The second kappa shape index (κ2) is 5.53. The van der Waals surface area contributed by atoms with Gasteiger partial charge in [-0.3, -0.25) is 4.79 Å². The van der Waals surface area contributed by atoms with Crippen LogP contribution in [0.4, 0.5) is 0 Å². The molecule has 1 saturated heterocycles. The predicted molar refractivity (Wildman–Crippen MR) is 72.0 cm³/mol. The number of carbonyl (C=O) groups is 1. The fraction of sp³-hybridized carbons (Fsp3) is 0.533. The van der Waals surface area contributed by atoms with Crippen molar-refractivity contribution >= 4 is 5.97 Å². The largest absolute Gasteiger partial charge is 0.481 e. The fourth-order valence-electron chi connectivity index (χ4n) is 2.66. The Balaban J connectivity index is 2.18. The first-order valence-electron chi connectivity index (χ1n) is 6.59. The van der Waals surface area contributed by atoms with Gasteiger partial charge in [0.2, 0.25) is 0 Å². The highest BCUT2D eigenvalue weighted by atomic mass is 16.4. The molecule has 0 spiro atoms. The van der Waals surface area contributed by atoms with E-state index in [4.69, 9.17) is 5.11 Å². The van der Waals surface area contributed by atoms with Gasteiger partial charge in [0.25, 0.3) is 0 Å². The summed E-state index contributed by atoms with van der Waals surface area (Å²) < 4.78 is 0. The van der Waals surface area contributed by atoms with Crippen molar-refractivity contribution in [2.45, 2.75) is 31.6 Å². The lowest BCUT2D eigenvalue weighted by Gasteiger charge is -2.30. The number of likely N-dealkylation sites (N-methyl/N-ethyl adjacent to an activating group) is 1. The van der Waals surface area contributed by atoms with E-state index >= 15 is 0 Å². The van der Waals surface area contributed by atoms with E-state index in [0.717, 1.165) is 12.1 Å². The fourth-order valence-corrected chi connectivity index (χ4v) is 2.66. The molecule has 18 heavy (non-hydrogen) atoms. The van der Waals surface area contributed by atoms with Crippen LogP contribution in [0.5, 0.6) is 0 Å². The number of rotatable bonds is 3. The van der Waals surface area contributed by atoms with Crippen molar-refractivity contribution in [3.8, 4) is 0 Å². The number of carboxylic acids is 1. The Morgan fingerprint density at radius 3 is 2.94 bits per heavy atom. The molecule has 3 heteroatoms. The zero-order valence-corrected chi connectivity index (χ0v) is 11.1. The van der Waals surface area contributed by atoms with E-state index in [1.54, 1.807) is 6.92 Å². The second-order valence-electron chi connectivity index (χ2n) is 5.33. The highest BCUT2D eigenvalue weighted by Crippen LogP contribution is 2.28. The Morgan fingerprint density at radius 2 is 2.28 bits per heavy atom. The van der Waals surface area contributed by atoms with Gasteiger partial charge < -0.3 is 10.0 Å². The van der Waals surface area contributed by atoms with Crippen molar-refractivity contribution < 1.29 is 9.90 Å². The van der Waals surface area contributed by atoms with Crippen LogP contribution >= 0.6 is 0 Å². The maximum Gasteiger partial charge on any atom is 0.310 e. The van der Waals surface area contributed by atoms with E-state index in [0.29, 0.717) is 5.92 Å². The molecule has 0 saturated carbocycles. The highest BCUT2D eigenvalue weighted by molar-refractivity contribution is 5.75. The Bertz CT molecular complexity index is 430. The third-order valence-corrected chi connectivity index (χ3v) is 3.88. The summed E-state index contributed by atoms with van der Waals surface area (Å²) in [5.41, 5.74) is 2.19. The van der Waals surface area contributed by atoms with E-state index < -0.39 is 11.9 Å². The highest BCUT2D eigenvalue weighted by Gasteiger charge is 2.20. The van der Waals surface area contributed by atoms with Gasteiger partial charge in [0.15, 0.2) is 0 Å². The van der Waals surface area contributed by atoms with Gasteiger partial charge in [-0.2, -0.15) is 0 Å². The van der Waals surface area contributed by atoms with E-state index in [1.165, 1.54) is 24.9 Å². The van der Waals surface area contributed by atoms with E-state index in [2.05, 4.69) is 24.1 Å².